The summed E-state index contributed by atoms with van der Waals surface area (Å²) in [6.45, 7) is 1.84. The van der Waals surface area contributed by atoms with E-state index in [1.165, 1.54) is 6.08 Å². The zero-order chi connectivity index (χ0) is 14.5. The molecule has 0 aromatic heterocycles. The molecular weight excluding hydrogens is 322 g/mol. The molecule has 0 amide bonds. The number of carbonyl (C=O) groups is 1. The number of aliphatic carboxylic acids is 1. The van der Waals surface area contributed by atoms with Gasteiger partial charge in [0.2, 0.25) is 0 Å². The molecule has 5 heteroatoms. The molecule has 0 bridgehead atoms. The molecule has 1 aromatic carbocycles. The third kappa shape index (κ3) is 3.84. The van der Waals surface area contributed by atoms with Gasteiger partial charge in [-0.1, -0.05) is 22.0 Å². The Hall–Kier alpha value is -1.33. The van der Waals surface area contributed by atoms with Crippen molar-refractivity contribution in [2.24, 2.45) is 0 Å². The van der Waals surface area contributed by atoms with Crippen LogP contribution >= 0.6 is 15.9 Å². The molecule has 0 spiro atoms. The fourth-order valence-electron chi connectivity index (χ4n) is 2.43. The fraction of sp³-hybridized carbons (Fsp3) is 0.400. The number of nitrogens with zero attached hydrogens (tertiary/aromatic N) is 1. The Morgan fingerprint density at radius 1 is 1.45 bits per heavy atom. The minimum absolute atomic E-state index is 0.330. The van der Waals surface area contributed by atoms with Gasteiger partial charge in [0.25, 0.3) is 0 Å². The maximum atomic E-state index is 10.7. The zero-order valence-electron chi connectivity index (χ0n) is 11.4. The summed E-state index contributed by atoms with van der Waals surface area (Å²) in [5.74, 6) is -0.933. The molecule has 1 fully saturated rings. The molecule has 1 aromatic rings. The summed E-state index contributed by atoms with van der Waals surface area (Å²) in [5, 5.41) is 8.77. The maximum Gasteiger partial charge on any atom is 0.328 e. The number of hydrogen-bond acceptors (Lipinski definition) is 3. The van der Waals surface area contributed by atoms with E-state index in [-0.39, 0.29) is 0 Å². The average Bonchev–Trinajstić information content (AvgIpc) is 2.46. The number of methoxy groups -OCH3 is 1. The van der Waals surface area contributed by atoms with E-state index >= 15 is 0 Å². The quantitative estimate of drug-likeness (QED) is 0.856. The molecule has 0 aliphatic carbocycles. The van der Waals surface area contributed by atoms with E-state index in [9.17, 15) is 4.79 Å². The van der Waals surface area contributed by atoms with Gasteiger partial charge in [-0.05, 0) is 36.6 Å². The first-order chi connectivity index (χ1) is 9.60. The smallest absolute Gasteiger partial charge is 0.328 e. The molecule has 0 unspecified atom stereocenters. The minimum atomic E-state index is -0.933. The molecule has 1 saturated heterocycles. The van der Waals surface area contributed by atoms with Crippen molar-refractivity contribution in [1.82, 2.24) is 0 Å². The highest BCUT2D eigenvalue weighted by Gasteiger charge is 2.20. The Morgan fingerprint density at radius 3 is 2.75 bits per heavy atom. The fourth-order valence-corrected chi connectivity index (χ4v) is 2.77. The standard InChI is InChI=1S/C15H18BrNO3/c1-20-13-6-8-17(9-7-13)14-10-12(16)4-2-11(14)3-5-15(18)19/h2-5,10,13H,6-9H2,1H3,(H,18,19)/b5-3+. The number of piperidine rings is 1. The number of rotatable bonds is 4. The number of ether oxygens (including phenoxy) is 1. The molecular formula is C15H18BrNO3. The third-order valence-corrected chi connectivity index (χ3v) is 4.01. The summed E-state index contributed by atoms with van der Waals surface area (Å²) in [6, 6.07) is 5.89. The van der Waals surface area contributed by atoms with Crippen molar-refractivity contribution in [2.45, 2.75) is 18.9 Å². The lowest BCUT2D eigenvalue weighted by Crippen LogP contribution is -2.37. The number of halogens is 1. The molecule has 1 N–H and O–H groups in total. The molecule has 4 nitrogen and oxygen atoms in total. The van der Waals surface area contributed by atoms with Crippen LogP contribution in [-0.2, 0) is 9.53 Å². The number of anilines is 1. The second-order valence-electron chi connectivity index (χ2n) is 4.80. The molecule has 2 rings (SSSR count). The van der Waals surface area contributed by atoms with Gasteiger partial charge in [0.05, 0.1) is 6.10 Å². The van der Waals surface area contributed by atoms with Crippen LogP contribution in [0, 0.1) is 0 Å². The van der Waals surface area contributed by atoms with E-state index in [1.54, 1.807) is 13.2 Å². The molecule has 1 aliphatic rings. The number of carboxylic acids is 1. The minimum Gasteiger partial charge on any atom is -0.478 e. The van der Waals surface area contributed by atoms with Crippen LogP contribution in [0.3, 0.4) is 0 Å². The summed E-state index contributed by atoms with van der Waals surface area (Å²) in [7, 11) is 1.75. The van der Waals surface area contributed by atoms with E-state index in [4.69, 9.17) is 9.84 Å². The molecule has 1 aliphatic heterocycles. The normalized spacial score (nSPS) is 16.8. The van der Waals surface area contributed by atoms with Crippen LogP contribution in [-0.4, -0.2) is 37.4 Å². The Kier molecular flexibility index (Phi) is 5.20. The Balaban J connectivity index is 2.21. The van der Waals surface area contributed by atoms with Gasteiger partial charge in [-0.3, -0.25) is 0 Å². The number of benzene rings is 1. The Labute approximate surface area is 127 Å². The second kappa shape index (κ2) is 6.90. The van der Waals surface area contributed by atoms with Crippen LogP contribution in [0.5, 0.6) is 0 Å². The largest absolute Gasteiger partial charge is 0.478 e. The van der Waals surface area contributed by atoms with Gasteiger partial charge >= 0.3 is 5.97 Å². The number of carboxylic acid groups (broad SMARTS) is 1. The first-order valence-corrected chi connectivity index (χ1v) is 7.37. The van der Waals surface area contributed by atoms with Gasteiger partial charge in [-0.25, -0.2) is 4.79 Å². The van der Waals surface area contributed by atoms with Crippen LogP contribution in [0.1, 0.15) is 18.4 Å². The first kappa shape index (κ1) is 15.1. The molecule has 0 saturated carbocycles. The SMILES string of the molecule is COC1CCN(c2cc(Br)ccc2/C=C/C(=O)O)CC1. The van der Waals surface area contributed by atoms with E-state index in [0.717, 1.165) is 41.7 Å². The summed E-state index contributed by atoms with van der Waals surface area (Å²) in [6.07, 6.45) is 5.13. The zero-order valence-corrected chi connectivity index (χ0v) is 13.0. The van der Waals surface area contributed by atoms with E-state index in [1.807, 2.05) is 18.2 Å². The molecule has 108 valence electrons. The van der Waals surface area contributed by atoms with Gasteiger partial charge in [-0.15, -0.1) is 0 Å². The molecule has 1 heterocycles. The van der Waals surface area contributed by atoms with Crippen LogP contribution in [0.2, 0.25) is 0 Å². The predicted molar refractivity (Wildman–Crippen MR) is 83.1 cm³/mol. The van der Waals surface area contributed by atoms with Crippen molar-refractivity contribution in [2.75, 3.05) is 25.1 Å². The van der Waals surface area contributed by atoms with Crippen molar-refractivity contribution >= 4 is 33.7 Å². The van der Waals surface area contributed by atoms with E-state index < -0.39 is 5.97 Å². The van der Waals surface area contributed by atoms with Crippen molar-refractivity contribution in [3.05, 3.63) is 34.3 Å². The van der Waals surface area contributed by atoms with Gasteiger partial charge in [0, 0.05) is 36.4 Å². The summed E-state index contributed by atoms with van der Waals surface area (Å²) < 4.78 is 6.37. The van der Waals surface area contributed by atoms with Crippen molar-refractivity contribution in [3.63, 3.8) is 0 Å². The van der Waals surface area contributed by atoms with Crippen molar-refractivity contribution in [1.29, 1.82) is 0 Å². The highest BCUT2D eigenvalue weighted by molar-refractivity contribution is 9.10. The van der Waals surface area contributed by atoms with Crippen LogP contribution in [0.25, 0.3) is 6.08 Å². The first-order valence-electron chi connectivity index (χ1n) is 6.58. The lowest BCUT2D eigenvalue weighted by Gasteiger charge is -2.34. The van der Waals surface area contributed by atoms with Crippen molar-refractivity contribution in [3.8, 4) is 0 Å². The molecule has 0 radical (unpaired) electrons. The summed E-state index contributed by atoms with van der Waals surface area (Å²) >= 11 is 3.48. The highest BCUT2D eigenvalue weighted by Crippen LogP contribution is 2.29. The van der Waals surface area contributed by atoms with Gasteiger partial charge in [0.15, 0.2) is 0 Å². The predicted octanol–water partition coefficient (Wildman–Crippen LogP) is 3.16. The molecule has 0 atom stereocenters. The average molecular weight is 340 g/mol. The second-order valence-corrected chi connectivity index (χ2v) is 5.71. The van der Waals surface area contributed by atoms with E-state index in [2.05, 4.69) is 20.8 Å². The van der Waals surface area contributed by atoms with E-state index in [0.29, 0.717) is 6.10 Å². The number of hydrogen-bond donors (Lipinski definition) is 1. The van der Waals surface area contributed by atoms with Crippen molar-refractivity contribution < 1.29 is 14.6 Å². The Bertz CT molecular complexity index is 508. The van der Waals surface area contributed by atoms with Gasteiger partial charge in [-0.2, -0.15) is 0 Å². The third-order valence-electron chi connectivity index (χ3n) is 3.51. The lowest BCUT2D eigenvalue weighted by molar-refractivity contribution is -0.131. The van der Waals surface area contributed by atoms with Gasteiger partial charge < -0.3 is 14.7 Å². The monoisotopic (exact) mass is 339 g/mol. The van der Waals surface area contributed by atoms with Crippen LogP contribution in [0.15, 0.2) is 28.7 Å². The lowest BCUT2D eigenvalue weighted by atomic mass is 10.0. The molecule has 20 heavy (non-hydrogen) atoms. The summed E-state index contributed by atoms with van der Waals surface area (Å²) in [5.41, 5.74) is 1.98. The summed E-state index contributed by atoms with van der Waals surface area (Å²) in [4.78, 5) is 13.0. The van der Waals surface area contributed by atoms with Gasteiger partial charge in [0.1, 0.15) is 0 Å². The topological polar surface area (TPSA) is 49.8 Å². The van der Waals surface area contributed by atoms with Crippen LogP contribution in [0.4, 0.5) is 5.69 Å². The Morgan fingerprint density at radius 2 is 2.15 bits per heavy atom. The highest BCUT2D eigenvalue weighted by atomic mass is 79.9. The maximum absolute atomic E-state index is 10.7. The van der Waals surface area contributed by atoms with Crippen LogP contribution < -0.4 is 4.90 Å².